The summed E-state index contributed by atoms with van der Waals surface area (Å²) in [7, 11) is 0. The first-order chi connectivity index (χ1) is 13.2. The molecule has 0 aliphatic heterocycles. The SMILES string of the molecule is N#Cc1c(-c2cccs2)nc(NCc2cccc(-c3nn[nH]n3)c2)[nH]c1=O. The van der Waals surface area contributed by atoms with E-state index in [2.05, 4.69) is 35.9 Å². The Morgan fingerprint density at radius 2 is 2.19 bits per heavy atom. The highest BCUT2D eigenvalue weighted by molar-refractivity contribution is 7.13. The molecular weight excluding hydrogens is 364 g/mol. The molecule has 0 atom stereocenters. The maximum atomic E-state index is 12.2. The van der Waals surface area contributed by atoms with Crippen molar-refractivity contribution in [1.82, 2.24) is 30.6 Å². The van der Waals surface area contributed by atoms with E-state index in [1.54, 1.807) is 0 Å². The molecular formula is C17H12N8OS. The third-order valence-corrected chi connectivity index (χ3v) is 4.65. The molecule has 0 unspecified atom stereocenters. The third kappa shape index (κ3) is 3.44. The minimum absolute atomic E-state index is 0.00195. The van der Waals surface area contributed by atoms with Gasteiger partial charge in [-0.3, -0.25) is 9.78 Å². The van der Waals surface area contributed by atoms with Gasteiger partial charge in [0, 0.05) is 12.1 Å². The number of nitrogens with one attached hydrogen (secondary N) is 3. The summed E-state index contributed by atoms with van der Waals surface area (Å²) >= 11 is 1.42. The van der Waals surface area contributed by atoms with Crippen molar-refractivity contribution in [1.29, 1.82) is 5.26 Å². The summed E-state index contributed by atoms with van der Waals surface area (Å²) in [5, 5.41) is 28.1. The van der Waals surface area contributed by atoms with Crippen LogP contribution in [0.25, 0.3) is 22.0 Å². The quantitative estimate of drug-likeness (QED) is 0.485. The van der Waals surface area contributed by atoms with Crippen LogP contribution in [0, 0.1) is 11.3 Å². The molecule has 0 aliphatic carbocycles. The Morgan fingerprint density at radius 3 is 2.93 bits per heavy atom. The normalized spacial score (nSPS) is 10.5. The lowest BCUT2D eigenvalue weighted by Gasteiger charge is -2.08. The van der Waals surface area contributed by atoms with Gasteiger partial charge in [-0.1, -0.05) is 24.3 Å². The summed E-state index contributed by atoms with van der Waals surface area (Å²) in [6.45, 7) is 0.421. The summed E-state index contributed by atoms with van der Waals surface area (Å²) in [6, 6.07) is 13.2. The largest absolute Gasteiger partial charge is 0.352 e. The van der Waals surface area contributed by atoms with Crippen molar-refractivity contribution in [2.24, 2.45) is 0 Å². The molecule has 0 saturated carbocycles. The van der Waals surface area contributed by atoms with E-state index in [0.717, 1.165) is 16.0 Å². The summed E-state index contributed by atoms with van der Waals surface area (Å²) < 4.78 is 0. The zero-order valence-electron chi connectivity index (χ0n) is 13.8. The lowest BCUT2D eigenvalue weighted by atomic mass is 10.1. The molecule has 4 aromatic rings. The van der Waals surface area contributed by atoms with Crippen molar-refractivity contribution < 1.29 is 0 Å². The minimum Gasteiger partial charge on any atom is -0.352 e. The molecule has 0 amide bonds. The summed E-state index contributed by atoms with van der Waals surface area (Å²) in [4.78, 5) is 20.0. The lowest BCUT2D eigenvalue weighted by Crippen LogP contribution is -2.17. The molecule has 0 saturated heterocycles. The number of thiophene rings is 1. The van der Waals surface area contributed by atoms with E-state index >= 15 is 0 Å². The Kier molecular flexibility index (Phi) is 4.42. The lowest BCUT2D eigenvalue weighted by molar-refractivity contribution is 0.881. The second-order valence-corrected chi connectivity index (χ2v) is 6.46. The molecule has 0 radical (unpaired) electrons. The fraction of sp³-hybridized carbons (Fsp3) is 0.0588. The van der Waals surface area contributed by atoms with E-state index in [-0.39, 0.29) is 5.56 Å². The van der Waals surface area contributed by atoms with E-state index in [0.29, 0.717) is 24.0 Å². The summed E-state index contributed by atoms with van der Waals surface area (Å²) in [6.07, 6.45) is 0. The maximum absolute atomic E-state index is 12.2. The molecule has 4 rings (SSSR count). The molecule has 0 aliphatic rings. The summed E-state index contributed by atoms with van der Waals surface area (Å²) in [5.41, 5.74) is 1.67. The Bertz CT molecular complexity index is 1160. The first kappa shape index (κ1) is 16.6. The predicted octanol–water partition coefficient (Wildman–Crippen LogP) is 2.16. The van der Waals surface area contributed by atoms with Crippen molar-refractivity contribution >= 4 is 17.3 Å². The Labute approximate surface area is 156 Å². The highest BCUT2D eigenvalue weighted by Crippen LogP contribution is 2.25. The minimum atomic E-state index is -0.473. The van der Waals surface area contributed by atoms with Crippen LogP contribution in [0.15, 0.2) is 46.6 Å². The first-order valence-electron chi connectivity index (χ1n) is 7.89. The monoisotopic (exact) mass is 376 g/mol. The number of anilines is 1. The van der Waals surface area contributed by atoms with Gasteiger partial charge in [-0.05, 0) is 28.3 Å². The molecule has 1 aromatic carbocycles. The molecule has 0 spiro atoms. The smallest absolute Gasteiger partial charge is 0.270 e. The van der Waals surface area contributed by atoms with Crippen LogP contribution in [-0.2, 0) is 6.54 Å². The Balaban J connectivity index is 1.60. The fourth-order valence-corrected chi connectivity index (χ4v) is 3.26. The van der Waals surface area contributed by atoms with E-state index in [1.165, 1.54) is 11.3 Å². The molecule has 10 heteroatoms. The van der Waals surface area contributed by atoms with Crippen molar-refractivity contribution in [2.45, 2.75) is 6.54 Å². The van der Waals surface area contributed by atoms with Crippen LogP contribution in [0.4, 0.5) is 5.95 Å². The topological polar surface area (TPSA) is 136 Å². The van der Waals surface area contributed by atoms with Crippen LogP contribution in [0.1, 0.15) is 11.1 Å². The third-order valence-electron chi connectivity index (χ3n) is 3.78. The van der Waals surface area contributed by atoms with Gasteiger partial charge in [-0.2, -0.15) is 10.5 Å². The van der Waals surface area contributed by atoms with E-state index in [4.69, 9.17) is 0 Å². The zero-order valence-corrected chi connectivity index (χ0v) is 14.6. The van der Waals surface area contributed by atoms with Gasteiger partial charge >= 0.3 is 0 Å². The van der Waals surface area contributed by atoms with Crippen LogP contribution in [0.3, 0.4) is 0 Å². The van der Waals surface area contributed by atoms with Crippen molar-refractivity contribution in [3.8, 4) is 28.0 Å². The van der Waals surface area contributed by atoms with Crippen molar-refractivity contribution in [3.63, 3.8) is 0 Å². The number of hydrogen-bond donors (Lipinski definition) is 3. The van der Waals surface area contributed by atoms with Gasteiger partial charge in [0.05, 0.1) is 4.88 Å². The van der Waals surface area contributed by atoms with Crippen molar-refractivity contribution in [3.05, 3.63) is 63.3 Å². The van der Waals surface area contributed by atoms with E-state index in [1.807, 2.05) is 47.8 Å². The molecule has 3 heterocycles. The Hall–Kier alpha value is -3.84. The number of nitriles is 1. The van der Waals surface area contributed by atoms with Gasteiger partial charge in [0.1, 0.15) is 17.3 Å². The molecule has 9 nitrogen and oxygen atoms in total. The highest BCUT2D eigenvalue weighted by atomic mass is 32.1. The average molecular weight is 376 g/mol. The van der Waals surface area contributed by atoms with E-state index < -0.39 is 5.56 Å². The number of rotatable bonds is 5. The number of nitrogens with zero attached hydrogens (tertiary/aromatic N) is 5. The van der Waals surface area contributed by atoms with Crippen LogP contribution < -0.4 is 10.9 Å². The molecule has 27 heavy (non-hydrogen) atoms. The average Bonchev–Trinajstić information content (AvgIpc) is 3.40. The van der Waals surface area contributed by atoms with E-state index in [9.17, 15) is 10.1 Å². The highest BCUT2D eigenvalue weighted by Gasteiger charge is 2.14. The van der Waals surface area contributed by atoms with Gasteiger partial charge < -0.3 is 5.32 Å². The zero-order chi connectivity index (χ0) is 18.6. The first-order valence-corrected chi connectivity index (χ1v) is 8.77. The van der Waals surface area contributed by atoms with Crippen LogP contribution in [-0.4, -0.2) is 30.6 Å². The second kappa shape index (κ2) is 7.19. The molecule has 0 bridgehead atoms. The van der Waals surface area contributed by atoms with Crippen molar-refractivity contribution in [2.75, 3.05) is 5.32 Å². The van der Waals surface area contributed by atoms with Crippen LogP contribution >= 0.6 is 11.3 Å². The van der Waals surface area contributed by atoms with Gasteiger partial charge in [-0.25, -0.2) is 4.98 Å². The van der Waals surface area contributed by atoms with Crippen LogP contribution in [0.2, 0.25) is 0 Å². The number of aromatic nitrogens is 6. The molecule has 132 valence electrons. The number of tetrazole rings is 1. The Morgan fingerprint density at radius 1 is 1.26 bits per heavy atom. The second-order valence-electron chi connectivity index (χ2n) is 5.52. The summed E-state index contributed by atoms with van der Waals surface area (Å²) in [5.74, 6) is 0.800. The fourth-order valence-electron chi connectivity index (χ4n) is 2.54. The number of aromatic amines is 2. The van der Waals surface area contributed by atoms with Gasteiger partial charge in [0.2, 0.25) is 11.8 Å². The van der Waals surface area contributed by atoms with Gasteiger partial charge in [0.15, 0.2) is 0 Å². The number of H-pyrrole nitrogens is 2. The maximum Gasteiger partial charge on any atom is 0.270 e. The van der Waals surface area contributed by atoms with Crippen LogP contribution in [0.5, 0.6) is 0 Å². The molecule has 3 aromatic heterocycles. The molecule has 3 N–H and O–H groups in total. The predicted molar refractivity (Wildman–Crippen MR) is 99.8 cm³/mol. The standard InChI is InChI=1S/C17H12N8OS/c18-8-12-14(13-5-2-6-27-13)20-17(21-16(12)26)19-9-10-3-1-4-11(7-10)15-22-24-25-23-15/h1-7H,9H2,(H2,19,20,21,26)(H,22,23,24,25). The number of benzene rings is 1. The number of hydrogen-bond acceptors (Lipinski definition) is 8. The van der Waals surface area contributed by atoms with Gasteiger partial charge in [-0.15, -0.1) is 21.5 Å². The molecule has 0 fully saturated rings. The van der Waals surface area contributed by atoms with Gasteiger partial charge in [0.25, 0.3) is 5.56 Å².